The molecule has 0 fully saturated rings. The lowest BCUT2D eigenvalue weighted by Gasteiger charge is -2.18. The zero-order valence-corrected chi connectivity index (χ0v) is 11.2. The predicted molar refractivity (Wildman–Crippen MR) is 68.5 cm³/mol. The molecule has 0 saturated heterocycles. The Kier molecular flexibility index (Phi) is 9.60. The van der Waals surface area contributed by atoms with Crippen molar-refractivity contribution in [2.24, 2.45) is 5.92 Å². The number of carbonyl (C=O) groups excluding carboxylic acids is 1. The SMILES string of the molecule is CCCCCCCC(=O)C(O)C(CC)CC. The van der Waals surface area contributed by atoms with Crippen LogP contribution in [0.25, 0.3) is 0 Å². The Morgan fingerprint density at radius 2 is 1.56 bits per heavy atom. The highest BCUT2D eigenvalue weighted by atomic mass is 16.3. The summed E-state index contributed by atoms with van der Waals surface area (Å²) < 4.78 is 0. The van der Waals surface area contributed by atoms with Gasteiger partial charge in [-0.3, -0.25) is 4.79 Å². The van der Waals surface area contributed by atoms with Crippen LogP contribution < -0.4 is 0 Å². The van der Waals surface area contributed by atoms with Crippen LogP contribution in [0.4, 0.5) is 0 Å². The van der Waals surface area contributed by atoms with E-state index in [2.05, 4.69) is 6.92 Å². The number of aliphatic hydroxyl groups is 1. The van der Waals surface area contributed by atoms with Crippen molar-refractivity contribution >= 4 is 5.78 Å². The van der Waals surface area contributed by atoms with Crippen LogP contribution >= 0.6 is 0 Å². The second-order valence-electron chi connectivity index (χ2n) is 4.65. The third-order valence-electron chi connectivity index (χ3n) is 3.35. The second kappa shape index (κ2) is 9.83. The van der Waals surface area contributed by atoms with Gasteiger partial charge in [-0.2, -0.15) is 0 Å². The van der Waals surface area contributed by atoms with Crippen LogP contribution in [-0.4, -0.2) is 17.0 Å². The van der Waals surface area contributed by atoms with E-state index in [-0.39, 0.29) is 11.7 Å². The topological polar surface area (TPSA) is 37.3 Å². The maximum atomic E-state index is 11.7. The summed E-state index contributed by atoms with van der Waals surface area (Å²) in [4.78, 5) is 11.7. The highest BCUT2D eigenvalue weighted by Crippen LogP contribution is 2.16. The fourth-order valence-electron chi connectivity index (χ4n) is 2.05. The number of carbonyl (C=O) groups is 1. The van der Waals surface area contributed by atoms with Gasteiger partial charge >= 0.3 is 0 Å². The summed E-state index contributed by atoms with van der Waals surface area (Å²) in [7, 11) is 0. The van der Waals surface area contributed by atoms with Gasteiger partial charge in [0, 0.05) is 6.42 Å². The summed E-state index contributed by atoms with van der Waals surface area (Å²) in [5, 5.41) is 9.83. The Morgan fingerprint density at radius 1 is 1.00 bits per heavy atom. The molecule has 0 amide bonds. The maximum Gasteiger partial charge on any atom is 0.161 e. The number of aliphatic hydroxyl groups excluding tert-OH is 1. The molecule has 0 aromatic rings. The van der Waals surface area contributed by atoms with E-state index < -0.39 is 6.10 Å². The van der Waals surface area contributed by atoms with Crippen molar-refractivity contribution in [3.8, 4) is 0 Å². The van der Waals surface area contributed by atoms with Crippen molar-refractivity contribution in [3.63, 3.8) is 0 Å². The van der Waals surface area contributed by atoms with Crippen LogP contribution in [0, 0.1) is 5.92 Å². The fourth-order valence-corrected chi connectivity index (χ4v) is 2.05. The summed E-state index contributed by atoms with van der Waals surface area (Å²) >= 11 is 0. The maximum absolute atomic E-state index is 11.7. The van der Waals surface area contributed by atoms with Gasteiger partial charge < -0.3 is 5.11 Å². The van der Waals surface area contributed by atoms with E-state index in [0.29, 0.717) is 6.42 Å². The largest absolute Gasteiger partial charge is 0.385 e. The highest BCUT2D eigenvalue weighted by Gasteiger charge is 2.22. The molecule has 1 atom stereocenters. The van der Waals surface area contributed by atoms with Gasteiger partial charge in [-0.1, -0.05) is 59.3 Å². The summed E-state index contributed by atoms with van der Waals surface area (Å²) in [6.07, 6.45) is 7.37. The van der Waals surface area contributed by atoms with Crippen LogP contribution in [-0.2, 0) is 4.79 Å². The second-order valence-corrected chi connectivity index (χ2v) is 4.65. The molecule has 0 aliphatic rings. The predicted octanol–water partition coefficient (Wildman–Crippen LogP) is 3.71. The quantitative estimate of drug-likeness (QED) is 0.579. The molecule has 2 heteroatoms. The summed E-state index contributed by atoms with van der Waals surface area (Å²) in [6, 6.07) is 0. The standard InChI is InChI=1S/C14H28O2/c1-4-7-8-9-10-11-13(15)14(16)12(5-2)6-3/h12,14,16H,4-11H2,1-3H3. The molecule has 96 valence electrons. The molecule has 0 aromatic heterocycles. The average Bonchev–Trinajstić information content (AvgIpc) is 2.30. The number of Topliss-reactive ketones (excluding diaryl/α,β-unsaturated/α-hetero) is 1. The van der Waals surface area contributed by atoms with Crippen LogP contribution in [0.15, 0.2) is 0 Å². The molecule has 1 N–H and O–H groups in total. The molecule has 1 unspecified atom stereocenters. The van der Waals surface area contributed by atoms with Gasteiger partial charge in [0.2, 0.25) is 0 Å². The third kappa shape index (κ3) is 6.26. The Hall–Kier alpha value is -0.370. The van der Waals surface area contributed by atoms with Crippen molar-refractivity contribution in [2.75, 3.05) is 0 Å². The Labute approximate surface area is 100 Å². The fraction of sp³-hybridized carbons (Fsp3) is 0.929. The normalized spacial score (nSPS) is 13.1. The summed E-state index contributed by atoms with van der Waals surface area (Å²) in [5.74, 6) is 0.202. The molecular weight excluding hydrogens is 200 g/mol. The number of hydrogen-bond acceptors (Lipinski definition) is 2. The zero-order chi connectivity index (χ0) is 12.4. The summed E-state index contributed by atoms with van der Waals surface area (Å²) in [6.45, 7) is 6.25. The average molecular weight is 228 g/mol. The molecule has 0 bridgehead atoms. The minimum absolute atomic E-state index is 0.0465. The molecule has 0 radical (unpaired) electrons. The van der Waals surface area contributed by atoms with Crippen molar-refractivity contribution in [2.45, 2.75) is 78.2 Å². The molecule has 0 aliphatic carbocycles. The first kappa shape index (κ1) is 15.6. The van der Waals surface area contributed by atoms with Crippen molar-refractivity contribution in [1.82, 2.24) is 0 Å². The first-order valence-electron chi connectivity index (χ1n) is 6.88. The van der Waals surface area contributed by atoms with Gasteiger partial charge in [-0.25, -0.2) is 0 Å². The molecular formula is C14H28O2. The smallest absolute Gasteiger partial charge is 0.161 e. The van der Waals surface area contributed by atoms with Gasteiger partial charge in [0.05, 0.1) is 0 Å². The van der Waals surface area contributed by atoms with Gasteiger partial charge in [0.15, 0.2) is 5.78 Å². The van der Waals surface area contributed by atoms with E-state index in [4.69, 9.17) is 0 Å². The third-order valence-corrected chi connectivity index (χ3v) is 3.35. The van der Waals surface area contributed by atoms with Gasteiger partial charge in [0.1, 0.15) is 6.10 Å². The van der Waals surface area contributed by atoms with Crippen molar-refractivity contribution in [1.29, 1.82) is 0 Å². The number of rotatable bonds is 10. The Bertz CT molecular complexity index is 174. The van der Waals surface area contributed by atoms with Gasteiger partial charge in [-0.05, 0) is 12.3 Å². The minimum Gasteiger partial charge on any atom is -0.385 e. The van der Waals surface area contributed by atoms with E-state index in [0.717, 1.165) is 25.7 Å². The molecule has 0 heterocycles. The Morgan fingerprint density at radius 3 is 2.06 bits per heavy atom. The first-order valence-corrected chi connectivity index (χ1v) is 6.88. The van der Waals surface area contributed by atoms with E-state index in [1.165, 1.54) is 19.3 Å². The highest BCUT2D eigenvalue weighted by molar-refractivity contribution is 5.83. The number of unbranched alkanes of at least 4 members (excludes halogenated alkanes) is 4. The molecule has 0 rings (SSSR count). The lowest BCUT2D eigenvalue weighted by Crippen LogP contribution is -2.28. The molecule has 2 nitrogen and oxygen atoms in total. The first-order chi connectivity index (χ1) is 7.67. The molecule has 0 aliphatic heterocycles. The summed E-state index contributed by atoms with van der Waals surface area (Å²) in [5.41, 5.74) is 0. The minimum atomic E-state index is -0.721. The van der Waals surface area contributed by atoms with Crippen molar-refractivity contribution < 1.29 is 9.90 Å². The van der Waals surface area contributed by atoms with Crippen molar-refractivity contribution in [3.05, 3.63) is 0 Å². The lowest BCUT2D eigenvalue weighted by atomic mass is 9.91. The van der Waals surface area contributed by atoms with E-state index in [1.54, 1.807) is 0 Å². The molecule has 0 spiro atoms. The van der Waals surface area contributed by atoms with Gasteiger partial charge in [-0.15, -0.1) is 0 Å². The van der Waals surface area contributed by atoms with E-state index >= 15 is 0 Å². The molecule has 0 aromatic carbocycles. The van der Waals surface area contributed by atoms with Crippen LogP contribution in [0.5, 0.6) is 0 Å². The lowest BCUT2D eigenvalue weighted by molar-refractivity contribution is -0.130. The van der Waals surface area contributed by atoms with E-state index in [1.807, 2.05) is 13.8 Å². The number of ketones is 1. The zero-order valence-electron chi connectivity index (χ0n) is 11.2. The molecule has 16 heavy (non-hydrogen) atoms. The van der Waals surface area contributed by atoms with Crippen LogP contribution in [0.3, 0.4) is 0 Å². The van der Waals surface area contributed by atoms with Crippen LogP contribution in [0.1, 0.15) is 72.1 Å². The molecule has 0 saturated carbocycles. The monoisotopic (exact) mass is 228 g/mol. The Balaban J connectivity index is 3.70. The number of hydrogen-bond donors (Lipinski definition) is 1. The van der Waals surface area contributed by atoms with Gasteiger partial charge in [0.25, 0.3) is 0 Å². The van der Waals surface area contributed by atoms with E-state index in [9.17, 15) is 9.90 Å². The van der Waals surface area contributed by atoms with Crippen LogP contribution in [0.2, 0.25) is 0 Å².